The van der Waals surface area contributed by atoms with Crippen molar-refractivity contribution in [3.63, 3.8) is 0 Å². The number of amides is 1. The summed E-state index contributed by atoms with van der Waals surface area (Å²) in [6, 6.07) is 18.5. The standard InChI is InChI=1S/C25H32N2O2/c28-25(27-18-6-11-23(27)20-26-16-4-5-17-26)22-12-14-24(15-13-22)29-19-7-10-21-8-2-1-3-9-21/h1-3,8-9,12-15,23H,4-7,10-11,16-20H2/t23-/m0/s1. The third kappa shape index (κ3) is 5.39. The predicted octanol–water partition coefficient (Wildman–Crippen LogP) is 4.40. The molecule has 2 aliphatic heterocycles. The van der Waals surface area contributed by atoms with Crippen LogP contribution in [0, 0.1) is 0 Å². The van der Waals surface area contributed by atoms with Gasteiger partial charge in [-0.3, -0.25) is 4.79 Å². The summed E-state index contributed by atoms with van der Waals surface area (Å²) >= 11 is 0. The van der Waals surface area contributed by atoms with Crippen molar-refractivity contribution in [2.75, 3.05) is 32.8 Å². The molecule has 4 heteroatoms. The fraction of sp³-hybridized carbons (Fsp3) is 0.480. The quantitative estimate of drug-likeness (QED) is 0.624. The second kappa shape index (κ2) is 9.93. The maximum absolute atomic E-state index is 13.0. The summed E-state index contributed by atoms with van der Waals surface area (Å²) in [4.78, 5) is 17.6. The van der Waals surface area contributed by atoms with Crippen molar-refractivity contribution in [3.05, 3.63) is 65.7 Å². The van der Waals surface area contributed by atoms with Crippen molar-refractivity contribution in [2.24, 2.45) is 0 Å². The highest BCUT2D eigenvalue weighted by Gasteiger charge is 2.31. The minimum atomic E-state index is 0.169. The minimum absolute atomic E-state index is 0.169. The molecule has 2 aromatic rings. The molecule has 0 bridgehead atoms. The number of ether oxygens (including phenoxy) is 1. The van der Waals surface area contributed by atoms with Gasteiger partial charge in [-0.15, -0.1) is 0 Å². The third-order valence-corrected chi connectivity index (χ3v) is 6.13. The molecule has 2 saturated heterocycles. The second-order valence-corrected chi connectivity index (χ2v) is 8.26. The smallest absolute Gasteiger partial charge is 0.254 e. The monoisotopic (exact) mass is 392 g/mol. The second-order valence-electron chi connectivity index (χ2n) is 8.26. The number of benzene rings is 2. The lowest BCUT2D eigenvalue weighted by Gasteiger charge is -2.28. The summed E-state index contributed by atoms with van der Waals surface area (Å²) in [5, 5.41) is 0. The molecule has 2 aromatic carbocycles. The molecule has 1 amide bonds. The number of rotatable bonds is 8. The Labute approximate surface area is 174 Å². The summed E-state index contributed by atoms with van der Waals surface area (Å²) in [5.41, 5.74) is 2.11. The van der Waals surface area contributed by atoms with Crippen molar-refractivity contribution >= 4 is 5.91 Å². The Morgan fingerprint density at radius 2 is 1.69 bits per heavy atom. The van der Waals surface area contributed by atoms with Crippen LogP contribution < -0.4 is 4.74 Å². The molecular weight excluding hydrogens is 360 g/mol. The van der Waals surface area contributed by atoms with Crippen LogP contribution >= 0.6 is 0 Å². The molecule has 29 heavy (non-hydrogen) atoms. The van der Waals surface area contributed by atoms with E-state index in [0.29, 0.717) is 12.6 Å². The number of likely N-dealkylation sites (tertiary alicyclic amines) is 2. The highest BCUT2D eigenvalue weighted by molar-refractivity contribution is 5.94. The molecule has 4 nitrogen and oxygen atoms in total. The van der Waals surface area contributed by atoms with Gasteiger partial charge in [-0.1, -0.05) is 30.3 Å². The molecule has 1 atom stereocenters. The van der Waals surface area contributed by atoms with Gasteiger partial charge < -0.3 is 14.5 Å². The maximum atomic E-state index is 13.0. The molecule has 0 unspecified atom stereocenters. The first-order valence-electron chi connectivity index (χ1n) is 11.1. The van der Waals surface area contributed by atoms with Gasteiger partial charge in [0, 0.05) is 24.7 Å². The zero-order chi connectivity index (χ0) is 19.9. The molecule has 0 radical (unpaired) electrons. The summed E-state index contributed by atoms with van der Waals surface area (Å²) in [6.07, 6.45) is 6.85. The van der Waals surface area contributed by atoms with Gasteiger partial charge in [0.15, 0.2) is 0 Å². The number of aryl methyl sites for hydroxylation is 1. The normalized spacial score (nSPS) is 19.6. The number of hydrogen-bond acceptors (Lipinski definition) is 3. The van der Waals surface area contributed by atoms with E-state index in [-0.39, 0.29) is 5.91 Å². The molecule has 154 valence electrons. The molecule has 0 aromatic heterocycles. The number of carbonyl (C=O) groups excluding carboxylic acids is 1. The Bertz CT molecular complexity index is 769. The van der Waals surface area contributed by atoms with E-state index in [0.717, 1.165) is 50.1 Å². The van der Waals surface area contributed by atoms with Gasteiger partial charge >= 0.3 is 0 Å². The SMILES string of the molecule is O=C(c1ccc(OCCCc2ccccc2)cc1)N1CCC[C@H]1CN1CCCC1. The lowest BCUT2D eigenvalue weighted by Crippen LogP contribution is -2.42. The number of nitrogens with zero attached hydrogens (tertiary/aromatic N) is 2. The Morgan fingerprint density at radius 3 is 2.45 bits per heavy atom. The van der Waals surface area contributed by atoms with Crippen molar-refractivity contribution < 1.29 is 9.53 Å². The topological polar surface area (TPSA) is 32.8 Å². The van der Waals surface area contributed by atoms with Crippen molar-refractivity contribution in [2.45, 2.75) is 44.6 Å². The first-order chi connectivity index (χ1) is 14.3. The minimum Gasteiger partial charge on any atom is -0.494 e. The van der Waals surface area contributed by atoms with Crippen molar-refractivity contribution in [3.8, 4) is 5.75 Å². The Morgan fingerprint density at radius 1 is 0.931 bits per heavy atom. The van der Waals surface area contributed by atoms with E-state index in [1.165, 1.54) is 31.5 Å². The third-order valence-electron chi connectivity index (χ3n) is 6.13. The molecule has 2 heterocycles. The Balaban J connectivity index is 1.26. The summed E-state index contributed by atoms with van der Waals surface area (Å²) in [7, 11) is 0. The molecule has 0 N–H and O–H groups in total. The number of hydrogen-bond donors (Lipinski definition) is 0. The van der Waals surface area contributed by atoms with Gasteiger partial charge in [-0.25, -0.2) is 0 Å². The van der Waals surface area contributed by atoms with Crippen LogP contribution in [0.4, 0.5) is 0 Å². The van der Waals surface area contributed by atoms with Gasteiger partial charge in [0.25, 0.3) is 5.91 Å². The van der Waals surface area contributed by atoms with Crippen LogP contribution in [0.1, 0.15) is 48.0 Å². The van der Waals surface area contributed by atoms with Crippen LogP contribution in [-0.4, -0.2) is 54.5 Å². The summed E-state index contributed by atoms with van der Waals surface area (Å²) in [5.74, 6) is 1.01. The van der Waals surface area contributed by atoms with E-state index in [1.807, 2.05) is 30.3 Å². The van der Waals surface area contributed by atoms with Gasteiger partial charge in [-0.2, -0.15) is 0 Å². The summed E-state index contributed by atoms with van der Waals surface area (Å²) < 4.78 is 5.87. The summed E-state index contributed by atoms with van der Waals surface area (Å²) in [6.45, 7) is 4.99. The van der Waals surface area contributed by atoms with Crippen LogP contribution in [0.15, 0.2) is 54.6 Å². The van der Waals surface area contributed by atoms with Crippen LogP contribution in [0.25, 0.3) is 0 Å². The molecule has 2 aliphatic rings. The Hall–Kier alpha value is -2.33. The lowest BCUT2D eigenvalue weighted by atomic mass is 10.1. The van der Waals surface area contributed by atoms with E-state index in [1.54, 1.807) is 0 Å². The van der Waals surface area contributed by atoms with Crippen LogP contribution in [0.2, 0.25) is 0 Å². The molecule has 0 aliphatic carbocycles. The van der Waals surface area contributed by atoms with Crippen molar-refractivity contribution in [1.29, 1.82) is 0 Å². The molecule has 0 spiro atoms. The van der Waals surface area contributed by atoms with E-state index >= 15 is 0 Å². The van der Waals surface area contributed by atoms with Crippen LogP contribution in [-0.2, 0) is 6.42 Å². The average Bonchev–Trinajstić information content (AvgIpc) is 3.44. The number of carbonyl (C=O) groups is 1. The maximum Gasteiger partial charge on any atom is 0.254 e. The highest BCUT2D eigenvalue weighted by atomic mass is 16.5. The fourth-order valence-electron chi connectivity index (χ4n) is 4.53. The zero-order valence-corrected chi connectivity index (χ0v) is 17.3. The molecular formula is C25H32N2O2. The van der Waals surface area contributed by atoms with Gasteiger partial charge in [-0.05, 0) is 81.4 Å². The largest absolute Gasteiger partial charge is 0.494 e. The fourth-order valence-corrected chi connectivity index (χ4v) is 4.53. The molecule has 4 rings (SSSR count). The van der Waals surface area contributed by atoms with Gasteiger partial charge in [0.1, 0.15) is 5.75 Å². The van der Waals surface area contributed by atoms with Crippen LogP contribution in [0.5, 0.6) is 5.75 Å². The van der Waals surface area contributed by atoms with Gasteiger partial charge in [0.2, 0.25) is 0 Å². The van der Waals surface area contributed by atoms with Crippen LogP contribution in [0.3, 0.4) is 0 Å². The highest BCUT2D eigenvalue weighted by Crippen LogP contribution is 2.23. The van der Waals surface area contributed by atoms with E-state index in [2.05, 4.69) is 34.1 Å². The van der Waals surface area contributed by atoms with E-state index in [4.69, 9.17) is 4.74 Å². The van der Waals surface area contributed by atoms with E-state index in [9.17, 15) is 4.79 Å². The molecule has 0 saturated carbocycles. The first-order valence-corrected chi connectivity index (χ1v) is 11.1. The van der Waals surface area contributed by atoms with E-state index < -0.39 is 0 Å². The zero-order valence-electron chi connectivity index (χ0n) is 17.3. The average molecular weight is 393 g/mol. The van der Waals surface area contributed by atoms with Crippen molar-refractivity contribution in [1.82, 2.24) is 9.80 Å². The predicted molar refractivity (Wildman–Crippen MR) is 116 cm³/mol. The Kier molecular flexibility index (Phi) is 6.83. The molecule has 2 fully saturated rings. The lowest BCUT2D eigenvalue weighted by molar-refractivity contribution is 0.0708. The first kappa shape index (κ1) is 20.0. The van der Waals surface area contributed by atoms with Gasteiger partial charge in [0.05, 0.1) is 6.61 Å².